The lowest BCUT2D eigenvalue weighted by atomic mass is 10.3. The molecule has 1 rings (SSSR count). The number of hydrogen-bond acceptors (Lipinski definition) is 3. The van der Waals surface area contributed by atoms with Crippen LogP contribution in [-0.2, 0) is 11.3 Å². The quantitative estimate of drug-likeness (QED) is 0.711. The van der Waals surface area contributed by atoms with Crippen molar-refractivity contribution < 1.29 is 4.79 Å². The third-order valence-corrected chi connectivity index (χ3v) is 1.94. The number of carbonyl (C=O) groups excluding carboxylic acids is 1. The van der Waals surface area contributed by atoms with Crippen molar-refractivity contribution in [2.24, 2.45) is 0 Å². The summed E-state index contributed by atoms with van der Waals surface area (Å²) in [6.07, 6.45) is 3.45. The second-order valence-electron chi connectivity index (χ2n) is 3.37. The van der Waals surface area contributed by atoms with E-state index < -0.39 is 0 Å². The summed E-state index contributed by atoms with van der Waals surface area (Å²) in [6, 6.07) is -0.185. The first-order valence-electron chi connectivity index (χ1n) is 4.54. The van der Waals surface area contributed by atoms with Gasteiger partial charge in [0.05, 0.1) is 12.6 Å². The first-order valence-corrected chi connectivity index (χ1v) is 4.54. The van der Waals surface area contributed by atoms with Gasteiger partial charge in [-0.3, -0.25) is 10.1 Å². The van der Waals surface area contributed by atoms with Crippen LogP contribution in [0, 0.1) is 0 Å². The Morgan fingerprint density at radius 1 is 1.71 bits per heavy atom. The van der Waals surface area contributed by atoms with Crippen molar-refractivity contribution in [3.05, 3.63) is 18.2 Å². The van der Waals surface area contributed by atoms with Gasteiger partial charge in [-0.25, -0.2) is 4.98 Å². The van der Waals surface area contributed by atoms with Crippen LogP contribution in [-0.4, -0.2) is 40.9 Å². The predicted molar refractivity (Wildman–Crippen MR) is 53.6 cm³/mol. The van der Waals surface area contributed by atoms with Gasteiger partial charge in [-0.1, -0.05) is 0 Å². The molecule has 14 heavy (non-hydrogen) atoms. The minimum absolute atomic E-state index is 0.0663. The molecule has 0 aliphatic carbocycles. The van der Waals surface area contributed by atoms with E-state index >= 15 is 0 Å². The average molecular weight is 196 g/mol. The van der Waals surface area contributed by atoms with Crippen molar-refractivity contribution in [1.29, 1.82) is 0 Å². The Kier molecular flexibility index (Phi) is 3.64. The fraction of sp³-hybridized carbons (Fsp3) is 0.556. The molecule has 1 aromatic rings. The first-order chi connectivity index (χ1) is 6.61. The van der Waals surface area contributed by atoms with E-state index in [-0.39, 0.29) is 11.9 Å². The molecule has 0 bridgehead atoms. The van der Waals surface area contributed by atoms with Crippen LogP contribution in [0.1, 0.15) is 12.7 Å². The van der Waals surface area contributed by atoms with E-state index in [1.165, 1.54) is 0 Å². The lowest BCUT2D eigenvalue weighted by Crippen LogP contribution is -2.41. The SMILES string of the molecule is CC(NCc1ncc[nH]1)C(=O)N(C)C. The Morgan fingerprint density at radius 2 is 2.43 bits per heavy atom. The van der Waals surface area contributed by atoms with Gasteiger partial charge in [0.25, 0.3) is 0 Å². The zero-order valence-electron chi connectivity index (χ0n) is 8.74. The largest absolute Gasteiger partial charge is 0.348 e. The van der Waals surface area contributed by atoms with Crippen LogP contribution >= 0.6 is 0 Å². The second-order valence-corrected chi connectivity index (χ2v) is 3.37. The standard InChI is InChI=1S/C9H16N4O/c1-7(9(14)13(2)3)12-6-8-10-4-5-11-8/h4-5,7,12H,6H2,1-3H3,(H,10,11). The fourth-order valence-electron chi connectivity index (χ4n) is 1.12. The first kappa shape index (κ1) is 10.7. The van der Waals surface area contributed by atoms with Crippen LogP contribution in [0.15, 0.2) is 12.4 Å². The number of carbonyl (C=O) groups is 1. The molecule has 1 unspecified atom stereocenters. The third kappa shape index (κ3) is 2.85. The van der Waals surface area contributed by atoms with Gasteiger partial charge in [-0.15, -0.1) is 0 Å². The van der Waals surface area contributed by atoms with Crippen molar-refractivity contribution in [2.75, 3.05) is 14.1 Å². The Bertz CT molecular complexity index is 281. The highest BCUT2D eigenvalue weighted by Gasteiger charge is 2.13. The molecule has 2 N–H and O–H groups in total. The normalized spacial score (nSPS) is 12.5. The summed E-state index contributed by atoms with van der Waals surface area (Å²) in [5.41, 5.74) is 0. The zero-order valence-corrected chi connectivity index (χ0v) is 8.74. The molecule has 1 aromatic heterocycles. The molecular formula is C9H16N4O. The molecule has 78 valence electrons. The van der Waals surface area contributed by atoms with Crippen molar-refractivity contribution in [3.8, 4) is 0 Å². The minimum Gasteiger partial charge on any atom is -0.348 e. The van der Waals surface area contributed by atoms with Crippen molar-refractivity contribution >= 4 is 5.91 Å². The summed E-state index contributed by atoms with van der Waals surface area (Å²) in [4.78, 5) is 20.0. The van der Waals surface area contributed by atoms with Gasteiger partial charge < -0.3 is 9.88 Å². The molecule has 1 amide bonds. The Labute approximate surface area is 83.5 Å². The van der Waals surface area contributed by atoms with Crippen molar-refractivity contribution in [2.45, 2.75) is 19.5 Å². The molecule has 0 aliphatic heterocycles. The molecule has 5 nitrogen and oxygen atoms in total. The second kappa shape index (κ2) is 4.76. The highest BCUT2D eigenvalue weighted by molar-refractivity contribution is 5.80. The number of imidazole rings is 1. The summed E-state index contributed by atoms with van der Waals surface area (Å²) in [5, 5.41) is 3.08. The number of likely N-dealkylation sites (N-methyl/N-ethyl adjacent to an activating group) is 1. The van der Waals surface area contributed by atoms with Gasteiger partial charge in [0.15, 0.2) is 0 Å². The molecule has 1 atom stereocenters. The van der Waals surface area contributed by atoms with Crippen molar-refractivity contribution in [1.82, 2.24) is 20.2 Å². The van der Waals surface area contributed by atoms with E-state index in [0.29, 0.717) is 6.54 Å². The lowest BCUT2D eigenvalue weighted by molar-refractivity contribution is -0.130. The number of aromatic nitrogens is 2. The Morgan fingerprint density at radius 3 is 2.93 bits per heavy atom. The fourth-order valence-corrected chi connectivity index (χ4v) is 1.12. The van der Waals surface area contributed by atoms with E-state index in [9.17, 15) is 4.79 Å². The number of H-pyrrole nitrogens is 1. The molecule has 5 heteroatoms. The topological polar surface area (TPSA) is 61.0 Å². The van der Waals surface area contributed by atoms with E-state index in [4.69, 9.17) is 0 Å². The lowest BCUT2D eigenvalue weighted by Gasteiger charge is -2.17. The van der Waals surface area contributed by atoms with E-state index in [2.05, 4.69) is 15.3 Å². The molecular weight excluding hydrogens is 180 g/mol. The smallest absolute Gasteiger partial charge is 0.238 e. The van der Waals surface area contributed by atoms with Gasteiger partial charge in [-0.2, -0.15) is 0 Å². The van der Waals surface area contributed by atoms with Gasteiger partial charge in [0, 0.05) is 26.5 Å². The minimum atomic E-state index is -0.185. The maximum absolute atomic E-state index is 11.4. The van der Waals surface area contributed by atoms with Crippen LogP contribution in [0.25, 0.3) is 0 Å². The van der Waals surface area contributed by atoms with Crippen LogP contribution in [0.5, 0.6) is 0 Å². The van der Waals surface area contributed by atoms with Gasteiger partial charge in [0.2, 0.25) is 5.91 Å². The number of nitrogens with one attached hydrogen (secondary N) is 2. The summed E-state index contributed by atoms with van der Waals surface area (Å²) < 4.78 is 0. The van der Waals surface area contributed by atoms with E-state index in [0.717, 1.165) is 5.82 Å². The maximum Gasteiger partial charge on any atom is 0.238 e. The maximum atomic E-state index is 11.4. The molecule has 0 fully saturated rings. The molecule has 0 aromatic carbocycles. The third-order valence-electron chi connectivity index (χ3n) is 1.94. The van der Waals surface area contributed by atoms with Gasteiger partial charge in [0.1, 0.15) is 5.82 Å². The Balaban J connectivity index is 2.35. The zero-order chi connectivity index (χ0) is 10.6. The predicted octanol–water partition coefficient (Wildman–Crippen LogP) is -0.0240. The number of nitrogens with zero attached hydrogens (tertiary/aromatic N) is 2. The molecule has 1 heterocycles. The monoisotopic (exact) mass is 196 g/mol. The number of hydrogen-bond donors (Lipinski definition) is 2. The van der Waals surface area contributed by atoms with Crippen LogP contribution in [0.4, 0.5) is 0 Å². The summed E-state index contributed by atoms with van der Waals surface area (Å²) >= 11 is 0. The van der Waals surface area contributed by atoms with Crippen LogP contribution < -0.4 is 5.32 Å². The number of aromatic amines is 1. The van der Waals surface area contributed by atoms with Crippen molar-refractivity contribution in [3.63, 3.8) is 0 Å². The van der Waals surface area contributed by atoms with Gasteiger partial charge in [-0.05, 0) is 6.92 Å². The summed E-state index contributed by atoms with van der Waals surface area (Å²) in [5.74, 6) is 0.903. The highest BCUT2D eigenvalue weighted by atomic mass is 16.2. The van der Waals surface area contributed by atoms with Gasteiger partial charge >= 0.3 is 0 Å². The summed E-state index contributed by atoms with van der Waals surface area (Å²) in [6.45, 7) is 2.42. The van der Waals surface area contributed by atoms with E-state index in [1.807, 2.05) is 6.92 Å². The molecule has 0 spiro atoms. The highest BCUT2D eigenvalue weighted by Crippen LogP contribution is 1.92. The van der Waals surface area contributed by atoms with E-state index in [1.54, 1.807) is 31.4 Å². The molecule has 0 saturated carbocycles. The molecule has 0 saturated heterocycles. The average Bonchev–Trinajstić information content (AvgIpc) is 2.65. The Hall–Kier alpha value is -1.36. The molecule has 0 aliphatic rings. The number of rotatable bonds is 4. The van der Waals surface area contributed by atoms with Crippen LogP contribution in [0.3, 0.4) is 0 Å². The van der Waals surface area contributed by atoms with Crippen LogP contribution in [0.2, 0.25) is 0 Å². The molecule has 0 radical (unpaired) electrons. The number of amides is 1. The summed E-state index contributed by atoms with van der Waals surface area (Å²) in [7, 11) is 3.49.